The predicted molar refractivity (Wildman–Crippen MR) is 83.0 cm³/mol. The summed E-state index contributed by atoms with van der Waals surface area (Å²) in [5.41, 5.74) is 2.81. The molecule has 2 aromatic rings. The van der Waals surface area contributed by atoms with Crippen LogP contribution in [0.3, 0.4) is 0 Å². The molecule has 19 heavy (non-hydrogen) atoms. The predicted octanol–water partition coefficient (Wildman–Crippen LogP) is 5.13. The molecule has 1 aliphatic carbocycles. The van der Waals surface area contributed by atoms with Crippen LogP contribution in [0.5, 0.6) is 0 Å². The number of hydrogen-bond donors (Lipinski definition) is 1. The van der Waals surface area contributed by atoms with Crippen LogP contribution in [0.25, 0.3) is 0 Å². The maximum atomic E-state index is 5.94. The molecule has 0 amide bonds. The fourth-order valence-electron chi connectivity index (χ4n) is 2.81. The van der Waals surface area contributed by atoms with Gasteiger partial charge in [-0.15, -0.1) is 11.3 Å². The van der Waals surface area contributed by atoms with E-state index in [1.165, 1.54) is 30.4 Å². The summed E-state index contributed by atoms with van der Waals surface area (Å²) in [5.74, 6) is 0. The van der Waals surface area contributed by atoms with Gasteiger partial charge in [0.15, 0.2) is 0 Å². The molecular weight excluding hydrogens is 274 g/mol. The molecule has 0 bridgehead atoms. The third-order valence-corrected chi connectivity index (χ3v) is 5.12. The van der Waals surface area contributed by atoms with E-state index in [9.17, 15) is 0 Å². The van der Waals surface area contributed by atoms with Crippen molar-refractivity contribution in [2.75, 3.05) is 0 Å². The topological polar surface area (TPSA) is 12.0 Å². The molecular formula is C16H18ClNS. The number of rotatable bonds is 3. The summed E-state index contributed by atoms with van der Waals surface area (Å²) in [6, 6.07) is 11.3. The minimum absolute atomic E-state index is 0.355. The van der Waals surface area contributed by atoms with Crippen LogP contribution < -0.4 is 5.32 Å². The lowest BCUT2D eigenvalue weighted by Gasteiger charge is -2.27. The Hall–Kier alpha value is -0.830. The van der Waals surface area contributed by atoms with Crippen molar-refractivity contribution in [1.29, 1.82) is 0 Å². The molecule has 0 aliphatic heterocycles. The molecule has 1 heterocycles. The first-order valence-corrected chi connectivity index (χ1v) is 8.07. The SMILES string of the molecule is C[C@@H](NC1CCCc2sccc21)c1ccc(Cl)cc1. The van der Waals surface area contributed by atoms with E-state index in [1.54, 1.807) is 4.88 Å². The highest BCUT2D eigenvalue weighted by molar-refractivity contribution is 7.10. The molecule has 2 atom stereocenters. The average molecular weight is 292 g/mol. The van der Waals surface area contributed by atoms with Crippen molar-refractivity contribution < 1.29 is 0 Å². The maximum Gasteiger partial charge on any atom is 0.0406 e. The van der Waals surface area contributed by atoms with Crippen molar-refractivity contribution >= 4 is 22.9 Å². The lowest BCUT2D eigenvalue weighted by Crippen LogP contribution is -2.27. The largest absolute Gasteiger partial charge is 0.303 e. The molecule has 0 spiro atoms. The first kappa shape index (κ1) is 13.2. The molecule has 1 nitrogen and oxygen atoms in total. The Morgan fingerprint density at radius 3 is 2.84 bits per heavy atom. The smallest absolute Gasteiger partial charge is 0.0406 e. The molecule has 0 radical (unpaired) electrons. The molecule has 3 rings (SSSR count). The highest BCUT2D eigenvalue weighted by atomic mass is 35.5. The van der Waals surface area contributed by atoms with Crippen molar-refractivity contribution in [3.8, 4) is 0 Å². The van der Waals surface area contributed by atoms with Gasteiger partial charge < -0.3 is 5.32 Å². The number of benzene rings is 1. The van der Waals surface area contributed by atoms with Gasteiger partial charge in [-0.25, -0.2) is 0 Å². The zero-order chi connectivity index (χ0) is 13.2. The monoisotopic (exact) mass is 291 g/mol. The molecule has 1 aliphatic rings. The highest BCUT2D eigenvalue weighted by Gasteiger charge is 2.22. The lowest BCUT2D eigenvalue weighted by molar-refractivity contribution is 0.418. The first-order chi connectivity index (χ1) is 9.24. The minimum atomic E-state index is 0.355. The van der Waals surface area contributed by atoms with Crippen LogP contribution in [0, 0.1) is 0 Å². The fourth-order valence-corrected chi connectivity index (χ4v) is 3.92. The van der Waals surface area contributed by atoms with E-state index < -0.39 is 0 Å². The summed E-state index contributed by atoms with van der Waals surface area (Å²) in [6.45, 7) is 2.23. The zero-order valence-corrected chi connectivity index (χ0v) is 12.6. The molecule has 100 valence electrons. The maximum absolute atomic E-state index is 5.94. The van der Waals surface area contributed by atoms with Gasteiger partial charge >= 0.3 is 0 Å². The van der Waals surface area contributed by atoms with E-state index in [0.717, 1.165) is 5.02 Å². The minimum Gasteiger partial charge on any atom is -0.303 e. The summed E-state index contributed by atoms with van der Waals surface area (Å²) in [4.78, 5) is 1.56. The second kappa shape index (κ2) is 5.66. The van der Waals surface area contributed by atoms with Gasteiger partial charge in [0.1, 0.15) is 0 Å². The number of nitrogens with one attached hydrogen (secondary N) is 1. The van der Waals surface area contributed by atoms with Gasteiger partial charge in [0.25, 0.3) is 0 Å². The highest BCUT2D eigenvalue weighted by Crippen LogP contribution is 2.34. The van der Waals surface area contributed by atoms with Gasteiger partial charge in [0.2, 0.25) is 0 Å². The van der Waals surface area contributed by atoms with Crippen LogP contribution in [-0.4, -0.2) is 0 Å². The summed E-state index contributed by atoms with van der Waals surface area (Å²) >= 11 is 7.84. The molecule has 3 heteroatoms. The van der Waals surface area contributed by atoms with Crippen LogP contribution in [0.4, 0.5) is 0 Å². The summed E-state index contributed by atoms with van der Waals surface area (Å²) in [7, 11) is 0. The number of fused-ring (bicyclic) bond motifs is 1. The second-order valence-corrected chi connectivity index (χ2v) is 6.62. The Kier molecular flexibility index (Phi) is 3.92. The molecule has 1 N–H and O–H groups in total. The van der Waals surface area contributed by atoms with E-state index in [1.807, 2.05) is 23.5 Å². The fraction of sp³-hybridized carbons (Fsp3) is 0.375. The van der Waals surface area contributed by atoms with Crippen LogP contribution in [0.15, 0.2) is 35.7 Å². The van der Waals surface area contributed by atoms with Crippen molar-refractivity contribution in [2.45, 2.75) is 38.3 Å². The van der Waals surface area contributed by atoms with Gasteiger partial charge in [0.05, 0.1) is 0 Å². The third kappa shape index (κ3) is 2.86. The van der Waals surface area contributed by atoms with Gasteiger partial charge in [-0.3, -0.25) is 0 Å². The van der Waals surface area contributed by atoms with Crippen molar-refractivity contribution in [3.05, 3.63) is 56.7 Å². The van der Waals surface area contributed by atoms with Crippen LogP contribution >= 0.6 is 22.9 Å². The van der Waals surface area contributed by atoms with Crippen LogP contribution in [0.2, 0.25) is 5.02 Å². The summed E-state index contributed by atoms with van der Waals surface area (Å²) in [6.07, 6.45) is 3.78. The van der Waals surface area contributed by atoms with E-state index >= 15 is 0 Å². The second-order valence-electron chi connectivity index (χ2n) is 5.18. The molecule has 0 fully saturated rings. The Labute approximate surface area is 123 Å². The Morgan fingerprint density at radius 2 is 2.05 bits per heavy atom. The third-order valence-electron chi connectivity index (χ3n) is 3.87. The van der Waals surface area contributed by atoms with E-state index in [0.29, 0.717) is 12.1 Å². The lowest BCUT2D eigenvalue weighted by atomic mass is 9.93. The van der Waals surface area contributed by atoms with Crippen LogP contribution in [-0.2, 0) is 6.42 Å². The van der Waals surface area contributed by atoms with Crippen molar-refractivity contribution in [2.24, 2.45) is 0 Å². The standard InChI is InChI=1S/C16H18ClNS/c1-11(12-5-7-13(17)8-6-12)18-15-3-2-4-16-14(15)9-10-19-16/h5-11,15,18H,2-4H2,1H3/t11-,15?/m1/s1. The van der Waals surface area contributed by atoms with E-state index in [-0.39, 0.29) is 0 Å². The Bertz CT molecular complexity index is 546. The summed E-state index contributed by atoms with van der Waals surface area (Å²) in [5, 5.41) is 6.78. The van der Waals surface area contributed by atoms with Crippen molar-refractivity contribution in [1.82, 2.24) is 5.32 Å². The number of hydrogen-bond acceptors (Lipinski definition) is 2. The Balaban J connectivity index is 1.74. The molecule has 1 aromatic heterocycles. The van der Waals surface area contributed by atoms with Crippen LogP contribution in [0.1, 0.15) is 47.9 Å². The van der Waals surface area contributed by atoms with Gasteiger partial charge in [-0.2, -0.15) is 0 Å². The van der Waals surface area contributed by atoms with Gasteiger partial charge in [0, 0.05) is 22.0 Å². The number of aryl methyl sites for hydroxylation is 1. The normalized spacial score (nSPS) is 20.0. The van der Waals surface area contributed by atoms with Gasteiger partial charge in [-0.05, 0) is 60.9 Å². The van der Waals surface area contributed by atoms with E-state index in [2.05, 4.69) is 35.8 Å². The Morgan fingerprint density at radius 1 is 1.26 bits per heavy atom. The zero-order valence-electron chi connectivity index (χ0n) is 11.0. The first-order valence-electron chi connectivity index (χ1n) is 6.82. The molecule has 0 saturated heterocycles. The van der Waals surface area contributed by atoms with Crippen molar-refractivity contribution in [3.63, 3.8) is 0 Å². The average Bonchev–Trinajstić information content (AvgIpc) is 2.89. The molecule has 1 aromatic carbocycles. The van der Waals surface area contributed by atoms with E-state index in [4.69, 9.17) is 11.6 Å². The molecule has 0 saturated carbocycles. The number of halogens is 1. The quantitative estimate of drug-likeness (QED) is 0.826. The van der Waals surface area contributed by atoms with Gasteiger partial charge in [-0.1, -0.05) is 23.7 Å². The summed E-state index contributed by atoms with van der Waals surface area (Å²) < 4.78 is 0. The molecule has 1 unspecified atom stereocenters. The number of thiophene rings is 1.